The quantitative estimate of drug-likeness (QED) is 0.716. The van der Waals surface area contributed by atoms with Crippen molar-refractivity contribution in [2.24, 2.45) is 0 Å². The highest BCUT2D eigenvalue weighted by molar-refractivity contribution is 7.98. The highest BCUT2D eigenvalue weighted by Crippen LogP contribution is 2.25. The van der Waals surface area contributed by atoms with Crippen molar-refractivity contribution in [2.45, 2.75) is 17.6 Å². The lowest BCUT2D eigenvalue weighted by molar-refractivity contribution is 0.425. The van der Waals surface area contributed by atoms with Gasteiger partial charge in [0.2, 0.25) is 0 Å². The van der Waals surface area contributed by atoms with Gasteiger partial charge in [0.05, 0.1) is 11.9 Å². The molecule has 0 aliphatic heterocycles. The molecule has 3 rings (SSSR count). The summed E-state index contributed by atoms with van der Waals surface area (Å²) in [6.45, 7) is 2.07. The van der Waals surface area contributed by atoms with Crippen LogP contribution in [-0.4, -0.2) is 20.3 Å². The fraction of sp³-hybridized carbons (Fsp3) is 0.154. The third-order valence-electron chi connectivity index (χ3n) is 2.72. The number of rotatable bonds is 4. The lowest BCUT2D eigenvalue weighted by Gasteiger charge is -1.99. The zero-order chi connectivity index (χ0) is 13.9. The van der Waals surface area contributed by atoms with Gasteiger partial charge in [0.1, 0.15) is 11.4 Å². The van der Waals surface area contributed by atoms with Crippen molar-refractivity contribution in [3.05, 3.63) is 41.9 Å². The number of aromatic nitrogens is 4. The number of nitrogens with one attached hydrogen (secondary N) is 1. The van der Waals surface area contributed by atoms with E-state index in [2.05, 4.69) is 45.5 Å². The number of thioether (sulfide) groups is 1. The highest BCUT2D eigenvalue weighted by Gasteiger charge is 2.13. The molecule has 0 aliphatic carbocycles. The van der Waals surface area contributed by atoms with E-state index >= 15 is 0 Å². The molecule has 7 heteroatoms. The Morgan fingerprint density at radius 1 is 1.40 bits per heavy atom. The van der Waals surface area contributed by atoms with Gasteiger partial charge < -0.3 is 10.3 Å². The van der Waals surface area contributed by atoms with Crippen LogP contribution in [0.4, 0.5) is 5.82 Å². The summed E-state index contributed by atoms with van der Waals surface area (Å²) in [6, 6.07) is 8.29. The second kappa shape index (κ2) is 5.38. The maximum absolute atomic E-state index is 5.71. The SMILES string of the molecule is Cc1cccc(SCc2noc(-c3cn[nH]c3N)n2)c1. The van der Waals surface area contributed by atoms with Crippen LogP contribution in [0.25, 0.3) is 11.5 Å². The molecule has 0 unspecified atom stereocenters. The number of nitrogens with zero attached hydrogens (tertiary/aromatic N) is 3. The molecule has 6 nitrogen and oxygen atoms in total. The monoisotopic (exact) mass is 287 g/mol. The van der Waals surface area contributed by atoms with Crippen LogP contribution in [0.2, 0.25) is 0 Å². The molecule has 0 fully saturated rings. The molecule has 2 heterocycles. The molecular weight excluding hydrogens is 274 g/mol. The molecule has 0 spiro atoms. The number of hydrogen-bond donors (Lipinski definition) is 2. The molecule has 0 radical (unpaired) electrons. The number of nitrogen functional groups attached to an aromatic ring is 1. The Morgan fingerprint density at radius 2 is 2.30 bits per heavy atom. The minimum atomic E-state index is 0.385. The van der Waals surface area contributed by atoms with E-state index in [4.69, 9.17) is 10.3 Å². The van der Waals surface area contributed by atoms with Gasteiger partial charge in [-0.3, -0.25) is 5.10 Å². The fourth-order valence-corrected chi connectivity index (χ4v) is 2.60. The number of aryl methyl sites for hydroxylation is 1. The van der Waals surface area contributed by atoms with Gasteiger partial charge in [0.15, 0.2) is 5.82 Å². The highest BCUT2D eigenvalue weighted by atomic mass is 32.2. The summed E-state index contributed by atoms with van der Waals surface area (Å²) in [5.41, 5.74) is 7.57. The number of benzene rings is 1. The van der Waals surface area contributed by atoms with Crippen molar-refractivity contribution in [3.8, 4) is 11.5 Å². The second-order valence-corrected chi connectivity index (χ2v) is 5.37. The first-order valence-electron chi connectivity index (χ1n) is 6.03. The molecule has 0 bridgehead atoms. The van der Waals surface area contributed by atoms with Gasteiger partial charge in [-0.1, -0.05) is 22.9 Å². The van der Waals surface area contributed by atoms with E-state index < -0.39 is 0 Å². The van der Waals surface area contributed by atoms with Crippen LogP contribution in [0.15, 0.2) is 39.9 Å². The number of aromatic amines is 1. The Bertz CT molecular complexity index is 721. The van der Waals surface area contributed by atoms with Crippen LogP contribution < -0.4 is 5.73 Å². The van der Waals surface area contributed by atoms with Crippen molar-refractivity contribution in [1.82, 2.24) is 20.3 Å². The average molecular weight is 287 g/mol. The van der Waals surface area contributed by atoms with E-state index in [1.807, 2.05) is 6.07 Å². The summed E-state index contributed by atoms with van der Waals surface area (Å²) in [7, 11) is 0. The average Bonchev–Trinajstić information content (AvgIpc) is 3.05. The van der Waals surface area contributed by atoms with E-state index in [1.54, 1.807) is 18.0 Å². The molecule has 20 heavy (non-hydrogen) atoms. The van der Waals surface area contributed by atoms with E-state index in [0.717, 1.165) is 0 Å². The lowest BCUT2D eigenvalue weighted by atomic mass is 10.2. The summed E-state index contributed by atoms with van der Waals surface area (Å²) in [5, 5.41) is 10.4. The fourth-order valence-electron chi connectivity index (χ4n) is 1.74. The Balaban J connectivity index is 1.70. The molecule has 2 aromatic heterocycles. The molecule has 0 atom stereocenters. The number of H-pyrrole nitrogens is 1. The predicted octanol–water partition coefficient (Wildman–Crippen LogP) is 2.64. The van der Waals surface area contributed by atoms with Crippen LogP contribution in [0.5, 0.6) is 0 Å². The van der Waals surface area contributed by atoms with Gasteiger partial charge in [0, 0.05) is 4.90 Å². The third kappa shape index (κ3) is 2.67. The molecule has 1 aromatic carbocycles. The van der Waals surface area contributed by atoms with Crippen molar-refractivity contribution in [2.75, 3.05) is 5.73 Å². The van der Waals surface area contributed by atoms with Gasteiger partial charge in [0.25, 0.3) is 5.89 Å². The summed E-state index contributed by atoms with van der Waals surface area (Å²) >= 11 is 1.66. The van der Waals surface area contributed by atoms with Crippen molar-refractivity contribution >= 4 is 17.6 Å². The maximum Gasteiger partial charge on any atom is 0.263 e. The van der Waals surface area contributed by atoms with Gasteiger partial charge >= 0.3 is 0 Å². The molecule has 102 valence electrons. The van der Waals surface area contributed by atoms with Crippen molar-refractivity contribution in [3.63, 3.8) is 0 Å². The van der Waals surface area contributed by atoms with Crippen LogP contribution in [0.3, 0.4) is 0 Å². The van der Waals surface area contributed by atoms with E-state index in [0.29, 0.717) is 28.8 Å². The van der Waals surface area contributed by atoms with Crippen molar-refractivity contribution in [1.29, 1.82) is 0 Å². The largest absolute Gasteiger partial charge is 0.383 e. The topological polar surface area (TPSA) is 93.6 Å². The molecular formula is C13H13N5OS. The first kappa shape index (κ1) is 12.7. The smallest absolute Gasteiger partial charge is 0.263 e. The minimum absolute atomic E-state index is 0.385. The third-order valence-corrected chi connectivity index (χ3v) is 3.71. The molecule has 0 amide bonds. The Hall–Kier alpha value is -2.28. The summed E-state index contributed by atoms with van der Waals surface area (Å²) in [4.78, 5) is 5.49. The van der Waals surface area contributed by atoms with Crippen LogP contribution in [0.1, 0.15) is 11.4 Å². The molecule has 0 aliphatic rings. The molecule has 0 saturated heterocycles. The molecule has 3 aromatic rings. The number of nitrogens with two attached hydrogens (primary N) is 1. The first-order valence-corrected chi connectivity index (χ1v) is 7.02. The normalized spacial score (nSPS) is 10.8. The van der Waals surface area contributed by atoms with Gasteiger partial charge in [-0.25, -0.2) is 0 Å². The molecule has 0 saturated carbocycles. The lowest BCUT2D eigenvalue weighted by Crippen LogP contribution is -1.88. The van der Waals surface area contributed by atoms with Gasteiger partial charge in [-0.15, -0.1) is 11.8 Å². The minimum Gasteiger partial charge on any atom is -0.383 e. The van der Waals surface area contributed by atoms with Crippen LogP contribution in [0, 0.1) is 6.92 Å². The second-order valence-electron chi connectivity index (χ2n) is 4.32. The van der Waals surface area contributed by atoms with Crippen molar-refractivity contribution < 1.29 is 4.52 Å². The van der Waals surface area contributed by atoms with Crippen LogP contribution in [-0.2, 0) is 5.75 Å². The molecule has 3 N–H and O–H groups in total. The summed E-state index contributed by atoms with van der Waals surface area (Å²) in [6.07, 6.45) is 1.57. The Morgan fingerprint density at radius 3 is 3.05 bits per heavy atom. The predicted molar refractivity (Wildman–Crippen MR) is 77.0 cm³/mol. The Labute approximate surface area is 119 Å². The van der Waals surface area contributed by atoms with E-state index in [-0.39, 0.29) is 0 Å². The number of hydrogen-bond acceptors (Lipinski definition) is 6. The standard InChI is InChI=1S/C13H13N5OS/c1-8-3-2-4-9(5-8)20-7-11-16-13(19-18-11)10-6-15-17-12(10)14/h2-6H,7H2,1H3,(H3,14,15,17). The van der Waals surface area contributed by atoms with Gasteiger partial charge in [-0.2, -0.15) is 10.1 Å². The van der Waals surface area contributed by atoms with E-state index in [1.165, 1.54) is 10.5 Å². The zero-order valence-electron chi connectivity index (χ0n) is 10.8. The summed E-state index contributed by atoms with van der Waals surface area (Å²) < 4.78 is 5.19. The number of anilines is 1. The van der Waals surface area contributed by atoms with Gasteiger partial charge in [-0.05, 0) is 19.1 Å². The maximum atomic E-state index is 5.71. The van der Waals surface area contributed by atoms with E-state index in [9.17, 15) is 0 Å². The first-order chi connectivity index (χ1) is 9.72. The Kier molecular flexibility index (Phi) is 3.42. The van der Waals surface area contributed by atoms with Crippen LogP contribution >= 0.6 is 11.8 Å². The summed E-state index contributed by atoms with van der Waals surface area (Å²) in [5.74, 6) is 2.08. The zero-order valence-corrected chi connectivity index (χ0v) is 11.6.